The molecule has 0 bridgehead atoms. The molecule has 1 amide bonds. The Labute approximate surface area is 167 Å². The van der Waals surface area contributed by atoms with Crippen LogP contribution >= 0.6 is 0 Å². The van der Waals surface area contributed by atoms with Crippen LogP contribution in [0.3, 0.4) is 0 Å². The first kappa shape index (κ1) is 23.9. The minimum atomic E-state index is -4.78. The van der Waals surface area contributed by atoms with E-state index in [0.29, 0.717) is 0 Å². The Hall–Kier alpha value is -1.39. The van der Waals surface area contributed by atoms with Crippen LogP contribution in [0.1, 0.15) is 6.92 Å². The third-order valence-electron chi connectivity index (χ3n) is 5.02. The summed E-state index contributed by atoms with van der Waals surface area (Å²) in [7, 11) is -3.52. The summed E-state index contributed by atoms with van der Waals surface area (Å²) >= 11 is 0. The number of nitrogens with zero attached hydrogens (tertiary/aromatic N) is 1. The van der Waals surface area contributed by atoms with E-state index < -0.39 is 71.4 Å². The van der Waals surface area contributed by atoms with Gasteiger partial charge in [0, 0.05) is 39.6 Å². The number of carbonyl (C=O) groups is 2. The number of aliphatic hydroxyl groups is 2. The highest BCUT2D eigenvalue weighted by atomic mass is 32.3. The summed E-state index contributed by atoms with van der Waals surface area (Å²) in [5.41, 5.74) is 0. The number of hydrogen-bond donors (Lipinski definition) is 5. The van der Waals surface area contributed by atoms with Crippen molar-refractivity contribution in [2.75, 3.05) is 33.4 Å². The van der Waals surface area contributed by atoms with E-state index in [1.807, 2.05) is 0 Å². The zero-order valence-corrected chi connectivity index (χ0v) is 16.7. The zero-order chi connectivity index (χ0) is 21.9. The van der Waals surface area contributed by atoms with Crippen LogP contribution in [0, 0.1) is 11.8 Å². The number of hydrogen-bond acceptors (Lipinski definition) is 10. The number of nitrogens with one attached hydrogen (secondary N) is 1. The summed E-state index contributed by atoms with van der Waals surface area (Å²) < 4.78 is 45.9. The molecule has 0 aromatic rings. The van der Waals surface area contributed by atoms with E-state index in [1.165, 1.54) is 14.0 Å². The third-order valence-corrected chi connectivity index (χ3v) is 5.45. The highest BCUT2D eigenvalue weighted by Gasteiger charge is 2.48. The van der Waals surface area contributed by atoms with Crippen LogP contribution in [-0.2, 0) is 33.6 Å². The highest BCUT2D eigenvalue weighted by molar-refractivity contribution is 7.80. The Morgan fingerprint density at radius 1 is 1.28 bits per heavy atom. The fourth-order valence-electron chi connectivity index (χ4n) is 3.69. The number of aliphatic carboxylic acids is 1. The Morgan fingerprint density at radius 2 is 1.93 bits per heavy atom. The summed E-state index contributed by atoms with van der Waals surface area (Å²) in [5.74, 6) is -3.50. The van der Waals surface area contributed by atoms with Gasteiger partial charge in [-0.3, -0.25) is 19.0 Å². The van der Waals surface area contributed by atoms with Crippen molar-refractivity contribution in [3.8, 4) is 0 Å². The average molecular weight is 442 g/mol. The summed E-state index contributed by atoms with van der Waals surface area (Å²) in [4.78, 5) is 24.3. The average Bonchev–Trinajstić information content (AvgIpc) is 2.97. The maximum atomic E-state index is 11.5. The van der Waals surface area contributed by atoms with E-state index in [-0.39, 0.29) is 19.6 Å². The first-order valence-corrected chi connectivity index (χ1v) is 10.2. The van der Waals surface area contributed by atoms with Crippen molar-refractivity contribution in [1.29, 1.82) is 0 Å². The van der Waals surface area contributed by atoms with Gasteiger partial charge in [0.2, 0.25) is 5.91 Å². The molecular formula is C15H26N2O11S. The number of aliphatic hydroxyl groups excluding tert-OH is 2. The molecule has 7 atom stereocenters. The molecule has 2 fully saturated rings. The minimum Gasteiger partial charge on any atom is -0.481 e. The van der Waals surface area contributed by atoms with Gasteiger partial charge in [-0.15, -0.1) is 0 Å². The van der Waals surface area contributed by atoms with Crippen LogP contribution < -0.4 is 5.32 Å². The molecule has 13 nitrogen and oxygen atoms in total. The Morgan fingerprint density at radius 3 is 2.41 bits per heavy atom. The summed E-state index contributed by atoms with van der Waals surface area (Å²) in [6.07, 6.45) is -4.60. The molecule has 0 spiro atoms. The molecule has 168 valence electrons. The largest absolute Gasteiger partial charge is 0.481 e. The van der Waals surface area contributed by atoms with Crippen molar-refractivity contribution < 1.29 is 51.5 Å². The van der Waals surface area contributed by atoms with Crippen molar-refractivity contribution >= 4 is 22.3 Å². The van der Waals surface area contributed by atoms with Crippen LogP contribution in [0.4, 0.5) is 0 Å². The van der Waals surface area contributed by atoms with Crippen LogP contribution in [-0.4, -0.2) is 109 Å². The summed E-state index contributed by atoms with van der Waals surface area (Å²) in [5, 5.41) is 32.4. The number of carboxylic acid groups (broad SMARTS) is 1. The quantitative estimate of drug-likeness (QED) is 0.240. The van der Waals surface area contributed by atoms with E-state index in [4.69, 9.17) is 19.1 Å². The number of carbonyl (C=O) groups excluding carboxylic acids is 1. The van der Waals surface area contributed by atoms with Crippen molar-refractivity contribution in [3.05, 3.63) is 0 Å². The monoisotopic (exact) mass is 442 g/mol. The fraction of sp³-hybridized carbons (Fsp3) is 0.867. The van der Waals surface area contributed by atoms with Gasteiger partial charge in [-0.2, -0.15) is 8.42 Å². The van der Waals surface area contributed by atoms with Gasteiger partial charge in [-0.1, -0.05) is 0 Å². The van der Waals surface area contributed by atoms with E-state index in [9.17, 15) is 28.2 Å². The Bertz CT molecular complexity index is 702. The van der Waals surface area contributed by atoms with Gasteiger partial charge in [-0.05, 0) is 0 Å². The fourth-order valence-corrected chi connectivity index (χ4v) is 4.00. The molecule has 14 heteroatoms. The minimum absolute atomic E-state index is 0.00407. The van der Waals surface area contributed by atoms with E-state index in [0.717, 1.165) is 0 Å². The Kier molecular flexibility index (Phi) is 7.92. The second-order valence-electron chi connectivity index (χ2n) is 7.10. The van der Waals surface area contributed by atoms with Gasteiger partial charge in [0.1, 0.15) is 6.04 Å². The predicted molar refractivity (Wildman–Crippen MR) is 93.8 cm³/mol. The number of amides is 1. The number of rotatable bonds is 8. The summed E-state index contributed by atoms with van der Waals surface area (Å²) in [6.45, 7) is 0.616. The van der Waals surface area contributed by atoms with Gasteiger partial charge in [-0.25, -0.2) is 4.18 Å². The van der Waals surface area contributed by atoms with Gasteiger partial charge in [0.25, 0.3) is 0 Å². The number of carboxylic acids is 1. The molecule has 2 rings (SSSR count). The highest BCUT2D eigenvalue weighted by Crippen LogP contribution is 2.30. The van der Waals surface area contributed by atoms with Crippen molar-refractivity contribution in [2.24, 2.45) is 11.8 Å². The van der Waals surface area contributed by atoms with Gasteiger partial charge in [0.05, 0.1) is 30.8 Å². The maximum absolute atomic E-state index is 11.5. The van der Waals surface area contributed by atoms with Crippen molar-refractivity contribution in [3.63, 3.8) is 0 Å². The number of likely N-dealkylation sites (tertiary alicyclic amines) is 1. The molecule has 0 aromatic heterocycles. The van der Waals surface area contributed by atoms with E-state index in [1.54, 1.807) is 4.90 Å². The molecule has 0 aromatic carbocycles. The molecule has 2 saturated heterocycles. The van der Waals surface area contributed by atoms with Crippen LogP contribution in [0.25, 0.3) is 0 Å². The van der Waals surface area contributed by atoms with E-state index >= 15 is 0 Å². The topological polar surface area (TPSA) is 192 Å². The first-order valence-electron chi connectivity index (χ1n) is 8.81. The smallest absolute Gasteiger partial charge is 0.397 e. The molecule has 0 saturated carbocycles. The lowest BCUT2D eigenvalue weighted by Crippen LogP contribution is -2.64. The first-order chi connectivity index (χ1) is 13.4. The Balaban J connectivity index is 2.21. The predicted octanol–water partition coefficient (Wildman–Crippen LogP) is -2.96. The van der Waals surface area contributed by atoms with Gasteiger partial charge < -0.3 is 30.1 Å². The number of ether oxygens (including phenoxy) is 2. The molecule has 2 heterocycles. The lowest BCUT2D eigenvalue weighted by molar-refractivity contribution is -0.248. The van der Waals surface area contributed by atoms with Crippen LogP contribution in [0.5, 0.6) is 0 Å². The standard InChI is InChI=1S/C15H26N2O11S/c1-7(18)16-12-13(20)9(4-17-3-8(14(21)22)10(19)5-17)11(28-15(12)26-2)6-27-29(23,24)25/h8-13,15,19-20H,3-6H2,1-2H3,(H,16,18)(H,21,22)(H,23,24,25)/t8-,9+,10-,11+,12+,13-,15-/m0/s1. The normalized spacial score (nSPS) is 36.1. The maximum Gasteiger partial charge on any atom is 0.397 e. The van der Waals surface area contributed by atoms with Crippen molar-refractivity contribution in [2.45, 2.75) is 37.6 Å². The molecule has 5 N–H and O–H groups in total. The molecule has 0 aliphatic carbocycles. The number of methoxy groups -OCH3 is 1. The summed E-state index contributed by atoms with van der Waals surface area (Å²) in [6, 6.07) is -0.993. The molecule has 0 unspecified atom stereocenters. The van der Waals surface area contributed by atoms with E-state index in [2.05, 4.69) is 9.50 Å². The molecule has 2 aliphatic rings. The lowest BCUT2D eigenvalue weighted by Gasteiger charge is -2.45. The zero-order valence-electron chi connectivity index (χ0n) is 15.9. The molecule has 0 radical (unpaired) electrons. The third kappa shape index (κ3) is 6.29. The van der Waals surface area contributed by atoms with Crippen LogP contribution in [0.15, 0.2) is 0 Å². The van der Waals surface area contributed by atoms with Crippen molar-refractivity contribution in [1.82, 2.24) is 10.2 Å². The van der Waals surface area contributed by atoms with Gasteiger partial charge >= 0.3 is 16.4 Å². The molecular weight excluding hydrogens is 416 g/mol. The second-order valence-corrected chi connectivity index (χ2v) is 8.19. The lowest BCUT2D eigenvalue weighted by atomic mass is 9.87. The SMILES string of the molecule is CO[C@H]1O[C@H](COS(=O)(=O)O)[C@@H](CN2C[C@H](C(=O)O)[C@@H](O)C2)[C@H](O)[C@H]1NC(C)=O. The molecule has 2 aliphatic heterocycles. The molecule has 29 heavy (non-hydrogen) atoms. The van der Waals surface area contributed by atoms with Crippen LogP contribution in [0.2, 0.25) is 0 Å². The second kappa shape index (κ2) is 9.61. The number of β-amino-alcohol motifs (C(OH)–C–C–N with tert-alkyl or cyclic N) is 1. The van der Waals surface area contributed by atoms with Gasteiger partial charge in [0.15, 0.2) is 6.29 Å².